The number of hydrogen-bond donors (Lipinski definition) is 4. The summed E-state index contributed by atoms with van der Waals surface area (Å²) >= 11 is 0. The number of aliphatic hydroxyl groups is 1. The number of fused-ring (bicyclic) bond motifs is 1. The lowest BCUT2D eigenvalue weighted by Gasteiger charge is -2.33. The van der Waals surface area contributed by atoms with E-state index in [0.717, 1.165) is 10.9 Å². The van der Waals surface area contributed by atoms with Gasteiger partial charge < -0.3 is 26.0 Å². The summed E-state index contributed by atoms with van der Waals surface area (Å²) in [6.45, 7) is 4.53. The van der Waals surface area contributed by atoms with Gasteiger partial charge in [-0.05, 0) is 74.7 Å². The fraction of sp³-hybridized carbons (Fsp3) is 0.409. The van der Waals surface area contributed by atoms with Gasteiger partial charge in [-0.25, -0.2) is 9.97 Å². The molecule has 0 aliphatic heterocycles. The molecule has 1 saturated carbocycles. The molecule has 0 aromatic carbocycles. The number of aromatic nitrogens is 3. The van der Waals surface area contributed by atoms with E-state index in [1.165, 1.54) is 0 Å². The van der Waals surface area contributed by atoms with E-state index >= 15 is 0 Å². The van der Waals surface area contributed by atoms with E-state index in [-0.39, 0.29) is 11.6 Å². The fourth-order valence-corrected chi connectivity index (χ4v) is 3.91. The van der Waals surface area contributed by atoms with Crippen LogP contribution in [-0.4, -0.2) is 31.4 Å². The summed E-state index contributed by atoms with van der Waals surface area (Å²) in [5.74, 6) is 1.85. The molecule has 8 heteroatoms. The number of aryl methyl sites for hydroxylation is 2. The van der Waals surface area contributed by atoms with Crippen LogP contribution in [0.4, 0.5) is 17.5 Å². The van der Waals surface area contributed by atoms with E-state index in [0.29, 0.717) is 55.1 Å². The van der Waals surface area contributed by atoms with Crippen molar-refractivity contribution in [1.29, 1.82) is 0 Å². The molecule has 3 aromatic heterocycles. The Bertz CT molecular complexity index is 1110. The standard InChI is InChI=1S/C22H28N6O2/c1-3-28-11-7-15-13-18(26-17-12-14(2)6-10-24-17)27-20(19(15)21(28)29)25-16-4-8-22(23,30)9-5-16/h6-7,10-13,16,30H,3-5,8-9,23H2,1-2H3,(H2,24,25,26,27). The molecule has 0 unspecified atom stereocenters. The van der Waals surface area contributed by atoms with Crippen molar-refractivity contribution in [3.05, 3.63) is 52.6 Å². The fourth-order valence-electron chi connectivity index (χ4n) is 3.91. The minimum absolute atomic E-state index is 0.0728. The third-order valence-electron chi connectivity index (χ3n) is 5.66. The van der Waals surface area contributed by atoms with E-state index in [9.17, 15) is 9.90 Å². The normalized spacial score (nSPS) is 21.5. The molecular weight excluding hydrogens is 380 g/mol. The molecule has 0 spiro atoms. The van der Waals surface area contributed by atoms with Crippen LogP contribution in [0.15, 0.2) is 41.5 Å². The molecule has 5 N–H and O–H groups in total. The molecule has 30 heavy (non-hydrogen) atoms. The first-order valence-corrected chi connectivity index (χ1v) is 10.4. The SMILES string of the molecule is CCn1ccc2cc(Nc3cc(C)ccn3)nc(NC3CCC(N)(O)CC3)c2c1=O. The van der Waals surface area contributed by atoms with Crippen molar-refractivity contribution in [2.45, 2.75) is 57.8 Å². The van der Waals surface area contributed by atoms with Crippen molar-refractivity contribution in [1.82, 2.24) is 14.5 Å². The lowest BCUT2D eigenvalue weighted by atomic mass is 9.89. The number of nitrogens with one attached hydrogen (secondary N) is 2. The number of nitrogens with zero attached hydrogens (tertiary/aromatic N) is 3. The zero-order valence-corrected chi connectivity index (χ0v) is 17.4. The van der Waals surface area contributed by atoms with Gasteiger partial charge in [0.1, 0.15) is 23.2 Å². The van der Waals surface area contributed by atoms with Crippen molar-refractivity contribution >= 4 is 28.2 Å². The molecule has 158 valence electrons. The minimum Gasteiger partial charge on any atom is -0.376 e. The zero-order valence-electron chi connectivity index (χ0n) is 17.4. The molecule has 3 heterocycles. The lowest BCUT2D eigenvalue weighted by molar-refractivity contribution is 0.00755. The summed E-state index contributed by atoms with van der Waals surface area (Å²) in [6, 6.07) is 7.76. The molecule has 1 fully saturated rings. The highest BCUT2D eigenvalue weighted by Gasteiger charge is 2.29. The topological polar surface area (TPSA) is 118 Å². The first kappa shape index (κ1) is 20.3. The molecule has 4 rings (SSSR count). The minimum atomic E-state index is -1.11. The van der Waals surface area contributed by atoms with Gasteiger partial charge in [0.05, 0.1) is 5.39 Å². The van der Waals surface area contributed by atoms with Crippen LogP contribution < -0.4 is 21.9 Å². The monoisotopic (exact) mass is 408 g/mol. The molecule has 0 atom stereocenters. The predicted molar refractivity (Wildman–Crippen MR) is 119 cm³/mol. The maximum Gasteiger partial charge on any atom is 0.262 e. The van der Waals surface area contributed by atoms with Crippen LogP contribution in [0.2, 0.25) is 0 Å². The quantitative estimate of drug-likeness (QED) is 0.479. The number of anilines is 3. The van der Waals surface area contributed by atoms with Crippen molar-refractivity contribution in [3.63, 3.8) is 0 Å². The number of rotatable bonds is 5. The van der Waals surface area contributed by atoms with Crippen molar-refractivity contribution < 1.29 is 5.11 Å². The Morgan fingerprint density at radius 2 is 2.03 bits per heavy atom. The van der Waals surface area contributed by atoms with Crippen LogP contribution in [0.3, 0.4) is 0 Å². The summed E-state index contributed by atoms with van der Waals surface area (Å²) in [6.07, 6.45) is 5.98. The molecule has 8 nitrogen and oxygen atoms in total. The summed E-state index contributed by atoms with van der Waals surface area (Å²) in [7, 11) is 0. The smallest absolute Gasteiger partial charge is 0.262 e. The van der Waals surface area contributed by atoms with Gasteiger partial charge in [-0.1, -0.05) is 0 Å². The van der Waals surface area contributed by atoms with Gasteiger partial charge in [-0.15, -0.1) is 0 Å². The average Bonchev–Trinajstić information content (AvgIpc) is 2.70. The molecule has 0 amide bonds. The molecular formula is C22H28N6O2. The maximum atomic E-state index is 13.0. The van der Waals surface area contributed by atoms with Crippen LogP contribution >= 0.6 is 0 Å². The van der Waals surface area contributed by atoms with Crippen LogP contribution in [0.5, 0.6) is 0 Å². The number of hydrogen-bond acceptors (Lipinski definition) is 7. The van der Waals surface area contributed by atoms with Crippen LogP contribution in [0.25, 0.3) is 10.8 Å². The molecule has 0 saturated heterocycles. The Labute approximate surface area is 175 Å². The van der Waals surface area contributed by atoms with Crippen molar-refractivity contribution in [2.24, 2.45) is 5.73 Å². The highest BCUT2D eigenvalue weighted by molar-refractivity contribution is 5.93. The van der Waals surface area contributed by atoms with E-state index in [4.69, 9.17) is 10.7 Å². The first-order valence-electron chi connectivity index (χ1n) is 10.4. The summed E-state index contributed by atoms with van der Waals surface area (Å²) < 4.78 is 1.67. The van der Waals surface area contributed by atoms with Gasteiger partial charge in [-0.2, -0.15) is 0 Å². The maximum absolute atomic E-state index is 13.0. The Kier molecular flexibility index (Phi) is 5.44. The van der Waals surface area contributed by atoms with Crippen LogP contribution in [-0.2, 0) is 6.54 Å². The second-order valence-electron chi connectivity index (χ2n) is 8.09. The van der Waals surface area contributed by atoms with Gasteiger partial charge in [0, 0.05) is 25.0 Å². The highest BCUT2D eigenvalue weighted by Crippen LogP contribution is 2.29. The molecule has 0 radical (unpaired) electrons. The third-order valence-corrected chi connectivity index (χ3v) is 5.66. The van der Waals surface area contributed by atoms with Crippen LogP contribution in [0, 0.1) is 6.92 Å². The zero-order chi connectivity index (χ0) is 21.3. The first-order chi connectivity index (χ1) is 14.3. The molecule has 1 aliphatic rings. The Morgan fingerprint density at radius 3 is 2.73 bits per heavy atom. The van der Waals surface area contributed by atoms with E-state index < -0.39 is 5.72 Å². The second kappa shape index (κ2) is 8.04. The average molecular weight is 409 g/mol. The molecule has 0 bridgehead atoms. The van der Waals surface area contributed by atoms with Crippen LogP contribution in [0.1, 0.15) is 38.2 Å². The largest absolute Gasteiger partial charge is 0.376 e. The van der Waals surface area contributed by atoms with E-state index in [1.54, 1.807) is 17.0 Å². The predicted octanol–water partition coefficient (Wildman–Crippen LogP) is 2.87. The summed E-state index contributed by atoms with van der Waals surface area (Å²) in [5, 5.41) is 18.1. The number of pyridine rings is 3. The molecule has 3 aromatic rings. The Hall–Kier alpha value is -2.97. The summed E-state index contributed by atoms with van der Waals surface area (Å²) in [4.78, 5) is 22.1. The second-order valence-corrected chi connectivity index (χ2v) is 8.09. The van der Waals surface area contributed by atoms with E-state index in [1.807, 2.05) is 38.1 Å². The third kappa shape index (κ3) is 4.29. The van der Waals surface area contributed by atoms with Crippen molar-refractivity contribution in [3.8, 4) is 0 Å². The molecule has 1 aliphatic carbocycles. The Balaban J connectivity index is 1.73. The Morgan fingerprint density at radius 1 is 1.27 bits per heavy atom. The summed E-state index contributed by atoms with van der Waals surface area (Å²) in [5.41, 5.74) is 5.76. The van der Waals surface area contributed by atoms with Gasteiger partial charge in [0.15, 0.2) is 0 Å². The van der Waals surface area contributed by atoms with E-state index in [2.05, 4.69) is 15.6 Å². The van der Waals surface area contributed by atoms with Gasteiger partial charge in [-0.3, -0.25) is 4.79 Å². The lowest BCUT2D eigenvalue weighted by Crippen LogP contribution is -2.45. The number of nitrogens with two attached hydrogens (primary N) is 1. The van der Waals surface area contributed by atoms with Crippen molar-refractivity contribution in [2.75, 3.05) is 10.6 Å². The van der Waals surface area contributed by atoms with Gasteiger partial charge in [0.2, 0.25) is 0 Å². The highest BCUT2D eigenvalue weighted by atomic mass is 16.3. The van der Waals surface area contributed by atoms with Gasteiger partial charge in [0.25, 0.3) is 5.56 Å². The van der Waals surface area contributed by atoms with Gasteiger partial charge >= 0.3 is 0 Å².